The molecule has 1 N–H and O–H groups in total. The number of halogens is 1. The quantitative estimate of drug-likeness (QED) is 0.818. The molecule has 0 bridgehead atoms. The molecule has 0 aliphatic rings. The largest absolute Gasteiger partial charge is 0.493 e. The Balaban J connectivity index is 2.52. The predicted molar refractivity (Wildman–Crippen MR) is 75.5 cm³/mol. The summed E-state index contributed by atoms with van der Waals surface area (Å²) in [6, 6.07) is 5.14. The molecule has 1 aromatic rings. The van der Waals surface area contributed by atoms with Crippen LogP contribution in [0.3, 0.4) is 0 Å². The van der Waals surface area contributed by atoms with Crippen LogP contribution in [-0.2, 0) is 4.79 Å². The van der Waals surface area contributed by atoms with Gasteiger partial charge in [0.1, 0.15) is 5.75 Å². The lowest BCUT2D eigenvalue weighted by Gasteiger charge is -2.14. The molecular formula is C14H20ClNO3. The smallest absolute Gasteiger partial charge is 0.222 e. The molecule has 0 fully saturated rings. The molecule has 4 nitrogen and oxygen atoms in total. The molecule has 0 aromatic heterocycles. The van der Waals surface area contributed by atoms with Crippen molar-refractivity contribution in [3.05, 3.63) is 28.8 Å². The second-order valence-electron chi connectivity index (χ2n) is 4.60. The SMILES string of the molecule is C[C@H](O)c1cc(Cl)ccc1OCCCC(=O)N(C)C. The van der Waals surface area contributed by atoms with E-state index < -0.39 is 6.10 Å². The first-order chi connectivity index (χ1) is 8.91. The second kappa shape index (κ2) is 7.36. The van der Waals surface area contributed by atoms with E-state index in [-0.39, 0.29) is 5.91 Å². The summed E-state index contributed by atoms with van der Waals surface area (Å²) in [4.78, 5) is 12.9. The van der Waals surface area contributed by atoms with Gasteiger partial charge in [-0.05, 0) is 31.5 Å². The number of ether oxygens (including phenoxy) is 1. The minimum Gasteiger partial charge on any atom is -0.493 e. The summed E-state index contributed by atoms with van der Waals surface area (Å²) in [6.07, 6.45) is 0.445. The van der Waals surface area contributed by atoms with E-state index in [1.54, 1.807) is 44.1 Å². The summed E-state index contributed by atoms with van der Waals surface area (Å²) in [5.41, 5.74) is 0.659. The molecule has 0 heterocycles. The minimum absolute atomic E-state index is 0.0791. The van der Waals surface area contributed by atoms with Crippen molar-refractivity contribution >= 4 is 17.5 Å². The van der Waals surface area contributed by atoms with Crippen LogP contribution in [0.5, 0.6) is 5.75 Å². The van der Waals surface area contributed by atoms with E-state index in [4.69, 9.17) is 16.3 Å². The van der Waals surface area contributed by atoms with E-state index >= 15 is 0 Å². The third-order valence-electron chi connectivity index (χ3n) is 2.71. The van der Waals surface area contributed by atoms with Gasteiger partial charge in [-0.2, -0.15) is 0 Å². The predicted octanol–water partition coefficient (Wildman–Crippen LogP) is 2.64. The summed E-state index contributed by atoms with van der Waals surface area (Å²) >= 11 is 5.88. The number of hydrogen-bond donors (Lipinski definition) is 1. The number of rotatable bonds is 6. The van der Waals surface area contributed by atoms with Gasteiger partial charge < -0.3 is 14.7 Å². The van der Waals surface area contributed by atoms with Crippen molar-refractivity contribution in [3.63, 3.8) is 0 Å². The Hall–Kier alpha value is -1.26. The van der Waals surface area contributed by atoms with Crippen LogP contribution in [0.4, 0.5) is 0 Å². The Labute approximate surface area is 118 Å². The lowest BCUT2D eigenvalue weighted by Crippen LogP contribution is -2.21. The van der Waals surface area contributed by atoms with Gasteiger partial charge in [-0.3, -0.25) is 4.79 Å². The number of carbonyl (C=O) groups is 1. The fourth-order valence-electron chi connectivity index (χ4n) is 1.61. The Bertz CT molecular complexity index is 433. The van der Waals surface area contributed by atoms with E-state index in [0.717, 1.165) is 0 Å². The monoisotopic (exact) mass is 285 g/mol. The molecule has 0 saturated heterocycles. The zero-order valence-corrected chi connectivity index (χ0v) is 12.3. The molecule has 0 aliphatic carbocycles. The van der Waals surface area contributed by atoms with Crippen molar-refractivity contribution in [1.82, 2.24) is 4.90 Å². The fraction of sp³-hybridized carbons (Fsp3) is 0.500. The standard InChI is InChI=1S/C14H20ClNO3/c1-10(17)12-9-11(15)6-7-13(12)19-8-4-5-14(18)16(2)3/h6-7,9-10,17H,4-5,8H2,1-3H3/t10-/m0/s1. The summed E-state index contributed by atoms with van der Waals surface area (Å²) in [7, 11) is 3.46. The molecular weight excluding hydrogens is 266 g/mol. The molecule has 106 valence electrons. The maximum absolute atomic E-state index is 11.4. The first kappa shape index (κ1) is 15.8. The van der Waals surface area contributed by atoms with Crippen LogP contribution in [0.2, 0.25) is 5.02 Å². The van der Waals surface area contributed by atoms with E-state index in [2.05, 4.69) is 0 Å². The highest BCUT2D eigenvalue weighted by atomic mass is 35.5. The van der Waals surface area contributed by atoms with E-state index in [1.165, 1.54) is 0 Å². The fourth-order valence-corrected chi connectivity index (χ4v) is 1.79. The first-order valence-electron chi connectivity index (χ1n) is 6.22. The normalized spacial score (nSPS) is 12.1. The van der Waals surface area contributed by atoms with Crippen LogP contribution >= 0.6 is 11.6 Å². The average molecular weight is 286 g/mol. The maximum atomic E-state index is 11.4. The van der Waals surface area contributed by atoms with Gasteiger partial charge in [0.15, 0.2) is 0 Å². The van der Waals surface area contributed by atoms with Gasteiger partial charge in [0.25, 0.3) is 0 Å². The average Bonchev–Trinajstić information content (AvgIpc) is 2.35. The summed E-state index contributed by atoms with van der Waals surface area (Å²) in [5.74, 6) is 0.687. The molecule has 1 aromatic carbocycles. The Morgan fingerprint density at radius 1 is 1.47 bits per heavy atom. The van der Waals surface area contributed by atoms with E-state index in [9.17, 15) is 9.90 Å². The Morgan fingerprint density at radius 2 is 2.16 bits per heavy atom. The van der Waals surface area contributed by atoms with Crippen LogP contribution < -0.4 is 4.74 Å². The lowest BCUT2D eigenvalue weighted by molar-refractivity contribution is -0.128. The highest BCUT2D eigenvalue weighted by Crippen LogP contribution is 2.28. The molecule has 1 rings (SSSR count). The van der Waals surface area contributed by atoms with Gasteiger partial charge in [-0.15, -0.1) is 0 Å². The molecule has 0 unspecified atom stereocenters. The molecule has 0 spiro atoms. The second-order valence-corrected chi connectivity index (χ2v) is 5.03. The molecule has 1 amide bonds. The number of benzene rings is 1. The van der Waals surface area contributed by atoms with Crippen LogP contribution in [0.25, 0.3) is 0 Å². The molecule has 5 heteroatoms. The van der Waals surface area contributed by atoms with Gasteiger partial charge >= 0.3 is 0 Å². The van der Waals surface area contributed by atoms with Gasteiger partial charge in [-0.25, -0.2) is 0 Å². The van der Waals surface area contributed by atoms with Crippen molar-refractivity contribution in [2.45, 2.75) is 25.9 Å². The van der Waals surface area contributed by atoms with E-state index in [1.807, 2.05) is 0 Å². The number of hydrogen-bond acceptors (Lipinski definition) is 3. The lowest BCUT2D eigenvalue weighted by atomic mass is 10.1. The Kier molecular flexibility index (Phi) is 6.12. The highest BCUT2D eigenvalue weighted by Gasteiger charge is 2.10. The number of nitrogens with zero attached hydrogens (tertiary/aromatic N) is 1. The van der Waals surface area contributed by atoms with Crippen molar-refractivity contribution < 1.29 is 14.6 Å². The van der Waals surface area contributed by atoms with Gasteiger partial charge in [0, 0.05) is 31.1 Å². The zero-order chi connectivity index (χ0) is 14.4. The number of aliphatic hydroxyl groups excluding tert-OH is 1. The van der Waals surface area contributed by atoms with E-state index in [0.29, 0.717) is 35.8 Å². The van der Waals surface area contributed by atoms with Crippen LogP contribution in [-0.4, -0.2) is 36.6 Å². The summed E-state index contributed by atoms with van der Waals surface area (Å²) < 4.78 is 5.59. The van der Waals surface area contributed by atoms with Crippen molar-refractivity contribution in [2.24, 2.45) is 0 Å². The summed E-state index contributed by atoms with van der Waals surface area (Å²) in [5, 5.41) is 10.2. The molecule has 0 saturated carbocycles. The molecule has 0 radical (unpaired) electrons. The van der Waals surface area contributed by atoms with Gasteiger partial charge in [0.05, 0.1) is 12.7 Å². The topological polar surface area (TPSA) is 49.8 Å². The molecule has 1 atom stereocenters. The number of carbonyl (C=O) groups excluding carboxylic acids is 1. The Morgan fingerprint density at radius 3 is 2.74 bits per heavy atom. The van der Waals surface area contributed by atoms with Gasteiger partial charge in [0.2, 0.25) is 5.91 Å². The third-order valence-corrected chi connectivity index (χ3v) is 2.95. The number of aliphatic hydroxyl groups is 1. The molecule has 0 aliphatic heterocycles. The first-order valence-corrected chi connectivity index (χ1v) is 6.60. The summed E-state index contributed by atoms with van der Waals surface area (Å²) in [6.45, 7) is 2.09. The highest BCUT2D eigenvalue weighted by molar-refractivity contribution is 6.30. The number of amides is 1. The van der Waals surface area contributed by atoms with Crippen LogP contribution in [0.1, 0.15) is 31.4 Å². The van der Waals surface area contributed by atoms with Crippen LogP contribution in [0, 0.1) is 0 Å². The zero-order valence-electron chi connectivity index (χ0n) is 11.5. The van der Waals surface area contributed by atoms with Crippen LogP contribution in [0.15, 0.2) is 18.2 Å². The minimum atomic E-state index is -0.642. The molecule has 19 heavy (non-hydrogen) atoms. The van der Waals surface area contributed by atoms with Crippen molar-refractivity contribution in [2.75, 3.05) is 20.7 Å². The van der Waals surface area contributed by atoms with Gasteiger partial charge in [-0.1, -0.05) is 11.6 Å². The van der Waals surface area contributed by atoms with Crippen molar-refractivity contribution in [3.8, 4) is 5.75 Å². The maximum Gasteiger partial charge on any atom is 0.222 e. The third kappa shape index (κ3) is 5.09. The van der Waals surface area contributed by atoms with Crippen molar-refractivity contribution in [1.29, 1.82) is 0 Å².